The summed E-state index contributed by atoms with van der Waals surface area (Å²) < 4.78 is 5.79. The van der Waals surface area contributed by atoms with E-state index in [0.29, 0.717) is 18.5 Å². The Morgan fingerprint density at radius 1 is 0.977 bits per heavy atom. The van der Waals surface area contributed by atoms with Gasteiger partial charge in [0.15, 0.2) is 11.7 Å². The Hall–Kier alpha value is -5.07. The molecule has 1 aromatic heterocycles. The van der Waals surface area contributed by atoms with Gasteiger partial charge in [-0.15, -0.1) is 0 Å². The minimum absolute atomic E-state index is 0.0475. The van der Waals surface area contributed by atoms with Crippen LogP contribution in [0.1, 0.15) is 66.9 Å². The van der Waals surface area contributed by atoms with E-state index in [2.05, 4.69) is 30.8 Å². The molecule has 43 heavy (non-hydrogen) atoms. The summed E-state index contributed by atoms with van der Waals surface area (Å²) in [6.45, 7) is 5.77. The Kier molecular flexibility index (Phi) is 11.9. The highest BCUT2D eigenvalue weighted by Crippen LogP contribution is 2.24. The third-order valence-electron chi connectivity index (χ3n) is 6.26. The molecular weight excluding hydrogens is 552 g/mol. The molecule has 3 rings (SSSR count). The maximum atomic E-state index is 13.0. The van der Waals surface area contributed by atoms with Gasteiger partial charge in [0.1, 0.15) is 17.8 Å². The number of nitrogens with two attached hydrogens (primary N) is 2. The summed E-state index contributed by atoms with van der Waals surface area (Å²) in [4.78, 5) is 45.8. The Morgan fingerprint density at radius 3 is 2.23 bits per heavy atom. The summed E-state index contributed by atoms with van der Waals surface area (Å²) in [5.74, 6) is -1.69. The number of aliphatic carboxylic acids is 1. The third kappa shape index (κ3) is 10.7. The van der Waals surface area contributed by atoms with Gasteiger partial charge in [0.25, 0.3) is 5.91 Å². The first kappa shape index (κ1) is 32.4. The van der Waals surface area contributed by atoms with Crippen molar-refractivity contribution in [2.24, 2.45) is 32.6 Å². The molecule has 0 aliphatic rings. The summed E-state index contributed by atoms with van der Waals surface area (Å²) in [5, 5.41) is 23.4. The van der Waals surface area contributed by atoms with E-state index in [4.69, 9.17) is 15.9 Å². The molecule has 0 saturated heterocycles. The number of benzene rings is 2. The fourth-order valence-corrected chi connectivity index (χ4v) is 4.18. The third-order valence-corrected chi connectivity index (χ3v) is 6.26. The van der Waals surface area contributed by atoms with E-state index in [1.807, 2.05) is 56.3 Å². The molecule has 0 fully saturated rings. The number of guanidine groups is 1. The van der Waals surface area contributed by atoms with Crippen molar-refractivity contribution in [2.75, 3.05) is 6.54 Å². The summed E-state index contributed by atoms with van der Waals surface area (Å²) in [5.41, 5.74) is 12.7. The molecule has 0 spiro atoms. The zero-order chi connectivity index (χ0) is 31.4. The molecule has 0 aliphatic heterocycles. The topological polar surface area (TPSA) is 211 Å². The number of carboxylic acid groups (broad SMARTS) is 1. The van der Waals surface area contributed by atoms with Crippen LogP contribution in [-0.4, -0.2) is 46.4 Å². The molecule has 3 aromatic rings. The van der Waals surface area contributed by atoms with Crippen LogP contribution in [0.25, 0.3) is 0 Å². The lowest BCUT2D eigenvalue weighted by molar-refractivity contribution is -0.139. The van der Waals surface area contributed by atoms with Crippen molar-refractivity contribution in [1.29, 1.82) is 0 Å². The minimum atomic E-state index is -1.20. The van der Waals surface area contributed by atoms with Crippen LogP contribution in [0.3, 0.4) is 0 Å². The summed E-state index contributed by atoms with van der Waals surface area (Å²) >= 11 is 0. The Balaban J connectivity index is 1.65. The first-order valence-electron chi connectivity index (χ1n) is 13.9. The van der Waals surface area contributed by atoms with Crippen molar-refractivity contribution < 1.29 is 23.9 Å². The van der Waals surface area contributed by atoms with Crippen molar-refractivity contribution >= 4 is 35.1 Å². The quantitative estimate of drug-likeness (QED) is 0.0751. The number of nitrogens with one attached hydrogen (secondary N) is 2. The average molecular weight is 591 g/mol. The molecule has 1 heterocycles. The van der Waals surface area contributed by atoms with Gasteiger partial charge in [0.2, 0.25) is 11.8 Å². The number of hydrogen-bond acceptors (Lipinski definition) is 8. The molecule has 2 aromatic carbocycles. The van der Waals surface area contributed by atoms with Crippen molar-refractivity contribution in [3.63, 3.8) is 0 Å². The number of rotatable bonds is 15. The smallest absolute Gasteiger partial charge is 0.326 e. The SMILES string of the molecule is Cc1oc([C@H](CC(C)C)NC(=O)Cc2ccc(N=Nc3ccccc3)cc2)nc1C(=O)N[C@@H](CCCN=C(N)N)C(=O)O. The number of aromatic nitrogens is 1. The molecule has 0 unspecified atom stereocenters. The molecule has 0 bridgehead atoms. The van der Waals surface area contributed by atoms with Gasteiger partial charge in [0, 0.05) is 6.54 Å². The van der Waals surface area contributed by atoms with Crippen LogP contribution in [0.2, 0.25) is 0 Å². The van der Waals surface area contributed by atoms with Crippen molar-refractivity contribution in [1.82, 2.24) is 15.6 Å². The highest BCUT2D eigenvalue weighted by Gasteiger charge is 2.28. The lowest BCUT2D eigenvalue weighted by Crippen LogP contribution is -2.41. The molecule has 2 amide bonds. The second-order valence-electron chi connectivity index (χ2n) is 10.4. The van der Waals surface area contributed by atoms with Gasteiger partial charge in [-0.1, -0.05) is 44.2 Å². The Morgan fingerprint density at radius 2 is 1.63 bits per heavy atom. The fraction of sp³-hybridized carbons (Fsp3) is 0.367. The number of amides is 2. The first-order chi connectivity index (χ1) is 20.5. The molecule has 0 radical (unpaired) electrons. The van der Waals surface area contributed by atoms with Crippen LogP contribution in [0.15, 0.2) is 74.2 Å². The number of aryl methyl sites for hydroxylation is 1. The van der Waals surface area contributed by atoms with Gasteiger partial charge >= 0.3 is 5.97 Å². The number of carbonyl (C=O) groups excluding carboxylic acids is 2. The van der Waals surface area contributed by atoms with Crippen LogP contribution >= 0.6 is 0 Å². The van der Waals surface area contributed by atoms with E-state index in [1.165, 1.54) is 0 Å². The van der Waals surface area contributed by atoms with Crippen LogP contribution in [0.5, 0.6) is 0 Å². The van der Waals surface area contributed by atoms with Crippen molar-refractivity contribution in [3.05, 3.63) is 77.5 Å². The molecule has 13 nitrogen and oxygen atoms in total. The molecule has 2 atom stereocenters. The predicted molar refractivity (Wildman–Crippen MR) is 161 cm³/mol. The van der Waals surface area contributed by atoms with Gasteiger partial charge in [-0.05, 0) is 61.9 Å². The highest BCUT2D eigenvalue weighted by atomic mass is 16.4. The van der Waals surface area contributed by atoms with Crippen LogP contribution < -0.4 is 22.1 Å². The number of oxazole rings is 1. The number of hydrogen-bond donors (Lipinski definition) is 5. The number of azo groups is 1. The van der Waals surface area contributed by atoms with Crippen LogP contribution in [0.4, 0.5) is 11.4 Å². The molecular formula is C30H38N8O5. The largest absolute Gasteiger partial charge is 0.480 e. The molecule has 13 heteroatoms. The Labute approximate surface area is 249 Å². The summed E-state index contributed by atoms with van der Waals surface area (Å²) in [7, 11) is 0. The number of nitrogens with zero attached hydrogens (tertiary/aromatic N) is 4. The van der Waals surface area contributed by atoms with E-state index in [0.717, 1.165) is 11.3 Å². The monoisotopic (exact) mass is 590 g/mol. The van der Waals surface area contributed by atoms with Crippen molar-refractivity contribution in [3.8, 4) is 0 Å². The highest BCUT2D eigenvalue weighted by molar-refractivity contribution is 5.95. The average Bonchev–Trinajstić information content (AvgIpc) is 3.35. The Bertz CT molecular complexity index is 1430. The second kappa shape index (κ2) is 15.8. The van der Waals surface area contributed by atoms with Crippen LogP contribution in [0, 0.1) is 12.8 Å². The number of carbonyl (C=O) groups is 3. The van der Waals surface area contributed by atoms with Gasteiger partial charge in [0.05, 0.1) is 17.8 Å². The normalized spacial score (nSPS) is 12.6. The summed E-state index contributed by atoms with van der Waals surface area (Å²) in [6, 6.07) is 14.8. The van der Waals surface area contributed by atoms with E-state index in [9.17, 15) is 19.5 Å². The van der Waals surface area contributed by atoms with E-state index >= 15 is 0 Å². The molecule has 228 valence electrons. The van der Waals surface area contributed by atoms with Gasteiger partial charge < -0.3 is 31.6 Å². The lowest BCUT2D eigenvalue weighted by Gasteiger charge is -2.18. The zero-order valence-corrected chi connectivity index (χ0v) is 24.5. The molecule has 0 aliphatic carbocycles. The molecule has 7 N–H and O–H groups in total. The van der Waals surface area contributed by atoms with Gasteiger partial charge in [-0.25, -0.2) is 9.78 Å². The summed E-state index contributed by atoms with van der Waals surface area (Å²) in [6.07, 6.45) is 1.08. The van der Waals surface area contributed by atoms with E-state index in [1.54, 1.807) is 19.1 Å². The van der Waals surface area contributed by atoms with Crippen LogP contribution in [-0.2, 0) is 16.0 Å². The van der Waals surface area contributed by atoms with Gasteiger partial charge in [-0.3, -0.25) is 14.6 Å². The standard InChI is InChI=1S/C30H38N8O5/c1-18(2)16-24(34-25(39)17-20-11-13-22(14-12-20)38-37-21-8-5-4-6-9-21)28-36-26(19(3)43-28)27(40)35-23(29(41)42)10-7-15-33-30(31)32/h4-6,8-9,11-14,18,23-24H,7,10,15-17H2,1-3H3,(H,34,39)(H,35,40)(H,41,42)(H4,31,32,33)/t23-,24-/m0/s1. The van der Waals surface area contributed by atoms with Crippen molar-refractivity contribution in [2.45, 2.75) is 58.5 Å². The maximum absolute atomic E-state index is 13.0. The zero-order valence-electron chi connectivity index (χ0n) is 24.5. The lowest BCUT2D eigenvalue weighted by atomic mass is 10.0. The molecule has 0 saturated carbocycles. The minimum Gasteiger partial charge on any atom is -0.480 e. The first-order valence-corrected chi connectivity index (χ1v) is 13.9. The second-order valence-corrected chi connectivity index (χ2v) is 10.4. The van der Waals surface area contributed by atoms with E-state index in [-0.39, 0.29) is 54.5 Å². The van der Waals surface area contributed by atoms with Gasteiger partial charge in [-0.2, -0.15) is 10.2 Å². The maximum Gasteiger partial charge on any atom is 0.326 e. The van der Waals surface area contributed by atoms with E-state index < -0.39 is 24.0 Å². The number of aliphatic imine (C=N–C) groups is 1. The fourth-order valence-electron chi connectivity index (χ4n) is 4.18. The predicted octanol–water partition coefficient (Wildman–Crippen LogP) is 4.08. The number of carboxylic acids is 1.